The number of nitro groups is 1. The van der Waals surface area contributed by atoms with Gasteiger partial charge in [-0.25, -0.2) is 0 Å². The maximum absolute atomic E-state index is 12.8. The molecule has 2 aliphatic carbocycles. The lowest BCUT2D eigenvalue weighted by molar-refractivity contribution is -0.384. The molecule has 1 aliphatic heterocycles. The van der Waals surface area contributed by atoms with Gasteiger partial charge in [-0.2, -0.15) is 0 Å². The molecule has 4 rings (SSSR count). The number of carbonyl (C=O) groups is 4. The van der Waals surface area contributed by atoms with E-state index in [-0.39, 0.29) is 69.4 Å². The van der Waals surface area contributed by atoms with Gasteiger partial charge in [0.15, 0.2) is 6.61 Å². The van der Waals surface area contributed by atoms with Crippen LogP contribution in [0, 0.1) is 33.8 Å². The Labute approximate surface area is 193 Å². The van der Waals surface area contributed by atoms with Crippen molar-refractivity contribution in [2.75, 3.05) is 13.2 Å². The van der Waals surface area contributed by atoms with E-state index in [1.165, 1.54) is 18.2 Å². The molecule has 3 aliphatic rings. The summed E-state index contributed by atoms with van der Waals surface area (Å²) in [6.45, 7) is -0.665. The van der Waals surface area contributed by atoms with Gasteiger partial charge in [-0.3, -0.25) is 34.2 Å². The Morgan fingerprint density at radius 1 is 1.13 bits per heavy atom. The predicted molar refractivity (Wildman–Crippen MR) is 114 cm³/mol. The number of nitrogens with zero attached hydrogens (tertiary/aromatic N) is 2. The molecule has 164 valence electrons. The Balaban J connectivity index is 1.30. The molecule has 31 heavy (non-hydrogen) atoms. The zero-order valence-electron chi connectivity index (χ0n) is 16.1. The summed E-state index contributed by atoms with van der Waals surface area (Å²) in [6, 6.07) is 5.13. The summed E-state index contributed by atoms with van der Waals surface area (Å²) in [7, 11) is 0. The maximum Gasteiger partial charge on any atom is 0.308 e. The highest BCUT2D eigenvalue weighted by molar-refractivity contribution is 9.12. The molecule has 2 saturated carbocycles. The number of nitro benzene ring substituents is 1. The van der Waals surface area contributed by atoms with E-state index in [0.717, 1.165) is 17.4 Å². The summed E-state index contributed by atoms with van der Waals surface area (Å²) >= 11 is 7.24. The van der Waals surface area contributed by atoms with Crippen molar-refractivity contribution in [1.82, 2.24) is 4.90 Å². The van der Waals surface area contributed by atoms with Crippen molar-refractivity contribution in [3.63, 3.8) is 0 Å². The number of carbonyl (C=O) groups excluding carboxylic acids is 4. The normalized spacial score (nSPS) is 31.1. The second-order valence-corrected chi connectivity index (χ2v) is 10.1. The molecule has 0 spiro atoms. The average molecular weight is 558 g/mol. The molecule has 1 saturated heterocycles. The zero-order chi connectivity index (χ0) is 22.4. The average Bonchev–Trinajstić information content (AvgIpc) is 3.35. The molecule has 2 bridgehead atoms. The van der Waals surface area contributed by atoms with Crippen molar-refractivity contribution in [2.45, 2.75) is 22.5 Å². The number of esters is 1. The number of hydrogen-bond acceptors (Lipinski definition) is 7. The summed E-state index contributed by atoms with van der Waals surface area (Å²) in [5.41, 5.74) is -0.178. The summed E-state index contributed by atoms with van der Waals surface area (Å²) in [4.78, 5) is 61.4. The molecule has 0 aromatic heterocycles. The molecule has 0 unspecified atom stereocenters. The van der Waals surface area contributed by atoms with Crippen molar-refractivity contribution in [3.8, 4) is 0 Å². The van der Waals surface area contributed by atoms with E-state index in [1.807, 2.05) is 0 Å². The first kappa shape index (κ1) is 22.1. The Hall–Kier alpha value is -2.14. The molecule has 0 N–H and O–H groups in total. The molecule has 1 heterocycles. The van der Waals surface area contributed by atoms with Crippen molar-refractivity contribution >= 4 is 61.1 Å². The van der Waals surface area contributed by atoms with Crippen molar-refractivity contribution in [2.24, 2.45) is 23.7 Å². The van der Waals surface area contributed by atoms with Crippen LogP contribution in [0.1, 0.15) is 23.2 Å². The number of ketones is 1. The molecule has 0 radical (unpaired) electrons. The Morgan fingerprint density at radius 2 is 1.74 bits per heavy atom. The number of amides is 2. The highest BCUT2D eigenvalue weighted by atomic mass is 79.9. The van der Waals surface area contributed by atoms with Gasteiger partial charge in [0.1, 0.15) is 0 Å². The van der Waals surface area contributed by atoms with Gasteiger partial charge >= 0.3 is 5.97 Å². The van der Waals surface area contributed by atoms with Crippen molar-refractivity contribution in [3.05, 3.63) is 39.9 Å². The Morgan fingerprint density at radius 3 is 2.32 bits per heavy atom. The lowest BCUT2D eigenvalue weighted by Gasteiger charge is -2.28. The number of halogens is 2. The highest BCUT2D eigenvalue weighted by Gasteiger charge is 2.66. The third-order valence-corrected chi connectivity index (χ3v) is 9.57. The molecule has 11 heteroatoms. The fraction of sp³-hybridized carbons (Fsp3) is 0.500. The molecule has 2 amide bonds. The van der Waals surface area contributed by atoms with Crippen LogP contribution in [0.4, 0.5) is 5.69 Å². The van der Waals surface area contributed by atoms with E-state index < -0.39 is 23.3 Å². The van der Waals surface area contributed by atoms with Gasteiger partial charge in [0.05, 0.1) is 23.2 Å². The first-order valence-electron chi connectivity index (χ1n) is 9.77. The smallest absolute Gasteiger partial charge is 0.308 e. The quantitative estimate of drug-likeness (QED) is 0.126. The molecule has 1 aromatic rings. The minimum atomic E-state index is -0.726. The number of ether oxygens (including phenoxy) is 1. The van der Waals surface area contributed by atoms with Gasteiger partial charge in [0.25, 0.3) is 5.69 Å². The maximum atomic E-state index is 12.8. The molecule has 3 fully saturated rings. The highest BCUT2D eigenvalue weighted by Crippen LogP contribution is 2.60. The molecule has 6 atom stereocenters. The predicted octanol–water partition coefficient (Wildman–Crippen LogP) is 2.49. The van der Waals surface area contributed by atoms with Crippen LogP contribution in [0.15, 0.2) is 24.3 Å². The number of hydrogen-bond donors (Lipinski definition) is 0. The van der Waals surface area contributed by atoms with Gasteiger partial charge in [0.2, 0.25) is 17.6 Å². The number of imide groups is 1. The van der Waals surface area contributed by atoms with Crippen LogP contribution in [-0.4, -0.2) is 56.2 Å². The van der Waals surface area contributed by atoms with Gasteiger partial charge < -0.3 is 4.74 Å². The van der Waals surface area contributed by atoms with Gasteiger partial charge in [-0.1, -0.05) is 44.0 Å². The van der Waals surface area contributed by atoms with E-state index in [1.54, 1.807) is 0 Å². The third kappa shape index (κ3) is 3.82. The van der Waals surface area contributed by atoms with Gasteiger partial charge in [-0.05, 0) is 18.3 Å². The van der Waals surface area contributed by atoms with Crippen LogP contribution >= 0.6 is 31.9 Å². The Bertz CT molecular complexity index is 952. The second-order valence-electron chi connectivity index (χ2n) is 7.97. The van der Waals surface area contributed by atoms with E-state index in [9.17, 15) is 29.3 Å². The summed E-state index contributed by atoms with van der Waals surface area (Å²) in [6.07, 6.45) is 0.609. The Kier molecular flexibility index (Phi) is 5.99. The first-order valence-corrected chi connectivity index (χ1v) is 11.6. The number of non-ortho nitro benzene ring substituents is 1. The number of fused-ring (bicyclic) bond motifs is 5. The van der Waals surface area contributed by atoms with Crippen LogP contribution in [0.5, 0.6) is 0 Å². The first-order chi connectivity index (χ1) is 14.7. The summed E-state index contributed by atoms with van der Waals surface area (Å²) in [5.74, 6) is -2.29. The van der Waals surface area contributed by atoms with Crippen LogP contribution in [0.3, 0.4) is 0 Å². The molecular weight excluding hydrogens is 540 g/mol. The van der Waals surface area contributed by atoms with E-state index >= 15 is 0 Å². The SMILES string of the molecule is O=C(CCN1C(=O)[C@H]2[C@@H]3C[C@@H]([C@@H](Br)[C@H]3Br)[C@@H]2C1=O)OCC(=O)c1cccc([N+](=O)[O-])c1. The second kappa shape index (κ2) is 8.42. The van der Waals surface area contributed by atoms with Crippen molar-refractivity contribution < 1.29 is 28.8 Å². The van der Waals surface area contributed by atoms with Crippen LogP contribution < -0.4 is 0 Å². The van der Waals surface area contributed by atoms with E-state index in [2.05, 4.69) is 31.9 Å². The van der Waals surface area contributed by atoms with Crippen molar-refractivity contribution in [1.29, 1.82) is 0 Å². The lowest BCUT2D eigenvalue weighted by atomic mass is 9.81. The minimum Gasteiger partial charge on any atom is -0.457 e. The van der Waals surface area contributed by atoms with Crippen LogP contribution in [0.25, 0.3) is 0 Å². The third-order valence-electron chi connectivity index (χ3n) is 6.36. The number of alkyl halides is 2. The zero-order valence-corrected chi connectivity index (χ0v) is 19.3. The standard InChI is InChI=1S/C20H18Br2N2O7/c21-17-11-7-12(18(17)22)16-15(11)19(27)23(20(16)28)5-4-14(26)31-8-13(25)9-2-1-3-10(6-9)24(29)30/h1-3,6,11-12,15-18H,4-5,7-8H2/t11-,12+,15-,16-,17-,18+/m0/s1. The van der Waals surface area contributed by atoms with E-state index in [4.69, 9.17) is 4.74 Å². The fourth-order valence-corrected chi connectivity index (χ4v) is 6.80. The number of likely N-dealkylation sites (tertiary alicyclic amines) is 1. The summed E-state index contributed by atoms with van der Waals surface area (Å²) < 4.78 is 4.95. The largest absolute Gasteiger partial charge is 0.457 e. The topological polar surface area (TPSA) is 124 Å². The molecule has 1 aromatic carbocycles. The number of Topliss-reactive ketones (excluding diaryl/α,β-unsaturated/α-hetero) is 1. The molecular formula is C20H18Br2N2O7. The van der Waals surface area contributed by atoms with Crippen LogP contribution in [0.2, 0.25) is 0 Å². The minimum absolute atomic E-state index is 0.0591. The molecule has 9 nitrogen and oxygen atoms in total. The number of rotatable bonds is 7. The number of benzene rings is 1. The lowest BCUT2D eigenvalue weighted by Crippen LogP contribution is -2.37. The van der Waals surface area contributed by atoms with E-state index in [0.29, 0.717) is 0 Å². The van der Waals surface area contributed by atoms with Gasteiger partial charge in [-0.15, -0.1) is 0 Å². The summed E-state index contributed by atoms with van der Waals surface area (Å²) in [5, 5.41) is 10.8. The van der Waals surface area contributed by atoms with Gasteiger partial charge in [0, 0.05) is 33.9 Å². The van der Waals surface area contributed by atoms with Crippen LogP contribution in [-0.2, 0) is 19.1 Å². The fourth-order valence-electron chi connectivity index (χ4n) is 4.93. The monoisotopic (exact) mass is 556 g/mol.